The predicted octanol–water partition coefficient (Wildman–Crippen LogP) is 4.31. The van der Waals surface area contributed by atoms with Gasteiger partial charge in [-0.15, -0.1) is 0 Å². The Hall–Kier alpha value is -1.89. The molecule has 0 bridgehead atoms. The van der Waals surface area contributed by atoms with Gasteiger partial charge in [0.05, 0.1) is 12.8 Å². The molecule has 0 amide bonds. The first kappa shape index (κ1) is 15.0. The molecule has 0 aliphatic rings. The van der Waals surface area contributed by atoms with E-state index in [9.17, 15) is 0 Å². The number of H-pyrrole nitrogens is 1. The third-order valence-corrected chi connectivity index (χ3v) is 3.67. The highest BCUT2D eigenvalue weighted by Crippen LogP contribution is 2.27. The van der Waals surface area contributed by atoms with Crippen LogP contribution < -0.4 is 4.74 Å². The van der Waals surface area contributed by atoms with Crippen molar-refractivity contribution in [3.63, 3.8) is 0 Å². The molecular formula is C14H10Cl2N4OS. The van der Waals surface area contributed by atoms with E-state index in [0.717, 1.165) is 11.4 Å². The average Bonchev–Trinajstić information content (AvgIpc) is 2.88. The number of aromatic amines is 1. The molecule has 2 aromatic heterocycles. The fourth-order valence-corrected chi connectivity index (χ4v) is 2.77. The topological polar surface area (TPSA) is 55.7 Å². The second-order valence-electron chi connectivity index (χ2n) is 4.39. The molecule has 0 unspecified atom stereocenters. The van der Waals surface area contributed by atoms with Crippen LogP contribution in [0.15, 0.2) is 36.4 Å². The number of ether oxygens (including phenoxy) is 1. The molecule has 0 radical (unpaired) electrons. The molecular weight excluding hydrogens is 343 g/mol. The standard InChI is InChI=1S/C14H10Cl2N4OS/c1-21-10-4-2-3-9(7-10)20-13(18-19-14(20)22)8-5-11(15)17-12(16)6-8/h2-7H,1H3,(H,19,22). The van der Waals surface area contributed by atoms with E-state index in [2.05, 4.69) is 15.2 Å². The van der Waals surface area contributed by atoms with Gasteiger partial charge < -0.3 is 4.74 Å². The Labute approximate surface area is 141 Å². The SMILES string of the molecule is COc1cccc(-n2c(-c3cc(Cl)nc(Cl)c3)n[nH]c2=S)c1. The Morgan fingerprint density at radius 3 is 2.59 bits per heavy atom. The molecule has 1 N–H and O–H groups in total. The molecule has 2 heterocycles. The smallest absolute Gasteiger partial charge is 0.200 e. The number of halogens is 2. The first-order valence-corrected chi connectivity index (χ1v) is 7.40. The van der Waals surface area contributed by atoms with Gasteiger partial charge in [0.2, 0.25) is 0 Å². The van der Waals surface area contributed by atoms with E-state index in [1.165, 1.54) is 0 Å². The van der Waals surface area contributed by atoms with Gasteiger partial charge in [-0.2, -0.15) is 5.10 Å². The van der Waals surface area contributed by atoms with Gasteiger partial charge in [-0.1, -0.05) is 29.3 Å². The van der Waals surface area contributed by atoms with Crippen molar-refractivity contribution in [2.45, 2.75) is 0 Å². The van der Waals surface area contributed by atoms with Gasteiger partial charge in [0.15, 0.2) is 10.6 Å². The quantitative estimate of drug-likeness (QED) is 0.563. The second kappa shape index (κ2) is 6.08. The molecule has 0 aliphatic heterocycles. The van der Waals surface area contributed by atoms with Crippen LogP contribution in [0.5, 0.6) is 5.75 Å². The molecule has 112 valence electrons. The number of hydrogen-bond acceptors (Lipinski definition) is 4. The first-order chi connectivity index (χ1) is 10.6. The Bertz CT molecular complexity index is 870. The zero-order chi connectivity index (χ0) is 15.7. The van der Waals surface area contributed by atoms with Crippen LogP contribution in [0, 0.1) is 4.77 Å². The van der Waals surface area contributed by atoms with Crippen molar-refractivity contribution in [3.8, 4) is 22.8 Å². The molecule has 3 rings (SSSR count). The number of hydrogen-bond donors (Lipinski definition) is 1. The van der Waals surface area contributed by atoms with E-state index in [4.69, 9.17) is 40.2 Å². The zero-order valence-electron chi connectivity index (χ0n) is 11.4. The lowest BCUT2D eigenvalue weighted by atomic mass is 10.2. The first-order valence-electron chi connectivity index (χ1n) is 6.24. The Kier molecular flexibility index (Phi) is 4.15. The number of methoxy groups -OCH3 is 1. The second-order valence-corrected chi connectivity index (χ2v) is 5.55. The number of nitrogens with one attached hydrogen (secondary N) is 1. The van der Waals surface area contributed by atoms with Gasteiger partial charge >= 0.3 is 0 Å². The number of pyridine rings is 1. The van der Waals surface area contributed by atoms with Crippen LogP contribution in [0.25, 0.3) is 17.1 Å². The fraction of sp³-hybridized carbons (Fsp3) is 0.0714. The Morgan fingerprint density at radius 1 is 1.18 bits per heavy atom. The van der Waals surface area contributed by atoms with Gasteiger partial charge in [-0.3, -0.25) is 9.67 Å². The maximum Gasteiger partial charge on any atom is 0.200 e. The molecule has 3 aromatic rings. The van der Waals surface area contributed by atoms with Crippen molar-refractivity contribution >= 4 is 35.4 Å². The van der Waals surface area contributed by atoms with E-state index < -0.39 is 0 Å². The summed E-state index contributed by atoms with van der Waals surface area (Å²) in [5, 5.41) is 7.61. The van der Waals surface area contributed by atoms with Crippen LogP contribution in [0.2, 0.25) is 10.3 Å². The zero-order valence-corrected chi connectivity index (χ0v) is 13.7. The minimum absolute atomic E-state index is 0.286. The van der Waals surface area contributed by atoms with Crippen LogP contribution in [-0.4, -0.2) is 26.9 Å². The van der Waals surface area contributed by atoms with Crippen molar-refractivity contribution in [2.24, 2.45) is 0 Å². The molecule has 0 saturated carbocycles. The maximum atomic E-state index is 5.96. The fourth-order valence-electron chi connectivity index (χ4n) is 2.07. The minimum Gasteiger partial charge on any atom is -0.497 e. The van der Waals surface area contributed by atoms with E-state index >= 15 is 0 Å². The van der Waals surface area contributed by atoms with E-state index in [1.807, 2.05) is 24.3 Å². The molecule has 1 aromatic carbocycles. The van der Waals surface area contributed by atoms with Gasteiger partial charge in [-0.05, 0) is 36.5 Å². The summed E-state index contributed by atoms with van der Waals surface area (Å²) in [5.74, 6) is 1.31. The minimum atomic E-state index is 0.286. The highest BCUT2D eigenvalue weighted by molar-refractivity contribution is 7.71. The third kappa shape index (κ3) is 2.85. The van der Waals surface area contributed by atoms with Crippen molar-refractivity contribution < 1.29 is 4.74 Å². The third-order valence-electron chi connectivity index (χ3n) is 3.00. The summed E-state index contributed by atoms with van der Waals surface area (Å²) >= 11 is 17.3. The Balaban J connectivity index is 2.21. The average molecular weight is 353 g/mol. The summed E-state index contributed by atoms with van der Waals surface area (Å²) in [4.78, 5) is 3.93. The van der Waals surface area contributed by atoms with Crippen LogP contribution >= 0.6 is 35.4 Å². The Morgan fingerprint density at radius 2 is 1.91 bits per heavy atom. The van der Waals surface area contributed by atoms with E-state index in [-0.39, 0.29) is 10.3 Å². The largest absolute Gasteiger partial charge is 0.497 e. The van der Waals surface area contributed by atoms with Crippen molar-refractivity contribution in [1.29, 1.82) is 0 Å². The highest BCUT2D eigenvalue weighted by Gasteiger charge is 2.13. The van der Waals surface area contributed by atoms with Crippen LogP contribution in [0.1, 0.15) is 0 Å². The highest BCUT2D eigenvalue weighted by atomic mass is 35.5. The molecule has 8 heteroatoms. The van der Waals surface area contributed by atoms with Gasteiger partial charge in [-0.25, -0.2) is 4.98 Å². The summed E-state index contributed by atoms with van der Waals surface area (Å²) in [5.41, 5.74) is 1.53. The summed E-state index contributed by atoms with van der Waals surface area (Å²) < 4.78 is 7.48. The van der Waals surface area contributed by atoms with Crippen LogP contribution in [0.4, 0.5) is 0 Å². The van der Waals surface area contributed by atoms with E-state index in [0.29, 0.717) is 16.2 Å². The summed E-state index contributed by atoms with van der Waals surface area (Å²) in [6.45, 7) is 0. The maximum absolute atomic E-state index is 5.96. The molecule has 5 nitrogen and oxygen atoms in total. The number of nitrogens with zero attached hydrogens (tertiary/aromatic N) is 3. The number of aromatic nitrogens is 4. The molecule has 0 saturated heterocycles. The number of benzene rings is 1. The van der Waals surface area contributed by atoms with E-state index in [1.54, 1.807) is 23.8 Å². The lowest BCUT2D eigenvalue weighted by molar-refractivity contribution is 0.414. The molecule has 0 fully saturated rings. The predicted molar refractivity (Wildman–Crippen MR) is 88.6 cm³/mol. The van der Waals surface area contributed by atoms with Crippen molar-refractivity contribution in [1.82, 2.24) is 19.7 Å². The van der Waals surface area contributed by atoms with Crippen molar-refractivity contribution in [3.05, 3.63) is 51.5 Å². The summed E-state index contributed by atoms with van der Waals surface area (Å²) in [7, 11) is 1.61. The summed E-state index contributed by atoms with van der Waals surface area (Å²) in [6, 6.07) is 10.8. The normalized spacial score (nSPS) is 10.7. The molecule has 0 aliphatic carbocycles. The van der Waals surface area contributed by atoms with Crippen LogP contribution in [0.3, 0.4) is 0 Å². The molecule has 22 heavy (non-hydrogen) atoms. The van der Waals surface area contributed by atoms with Gasteiger partial charge in [0.1, 0.15) is 16.1 Å². The molecule has 0 atom stereocenters. The van der Waals surface area contributed by atoms with Gasteiger partial charge in [0.25, 0.3) is 0 Å². The van der Waals surface area contributed by atoms with Crippen molar-refractivity contribution in [2.75, 3.05) is 7.11 Å². The number of rotatable bonds is 3. The monoisotopic (exact) mass is 352 g/mol. The lowest BCUT2D eigenvalue weighted by Crippen LogP contribution is -1.98. The molecule has 0 spiro atoms. The van der Waals surface area contributed by atoms with Gasteiger partial charge in [0, 0.05) is 11.6 Å². The lowest BCUT2D eigenvalue weighted by Gasteiger charge is -2.09. The van der Waals surface area contributed by atoms with Crippen LogP contribution in [-0.2, 0) is 0 Å². The summed E-state index contributed by atoms with van der Waals surface area (Å²) in [6.07, 6.45) is 0.